The Morgan fingerprint density at radius 1 is 1.60 bits per heavy atom. The Bertz CT molecular complexity index is 223. The van der Waals surface area contributed by atoms with Crippen molar-refractivity contribution in [2.24, 2.45) is 0 Å². The average molecular weight is 221 g/mol. The van der Waals surface area contributed by atoms with Crippen molar-refractivity contribution in [2.45, 2.75) is 37.9 Å². The van der Waals surface area contributed by atoms with E-state index in [1.807, 2.05) is 0 Å². The van der Waals surface area contributed by atoms with Crippen molar-refractivity contribution in [3.8, 4) is 0 Å². The minimum atomic E-state index is -1.12. The monoisotopic (exact) mass is 221 g/mol. The molecule has 0 aromatic heterocycles. The molecule has 1 saturated heterocycles. The van der Waals surface area contributed by atoms with Gasteiger partial charge in [-0.2, -0.15) is 0 Å². The number of hydroxylamine groups is 1. The van der Waals surface area contributed by atoms with Gasteiger partial charge in [0.2, 0.25) is 5.91 Å². The first kappa shape index (κ1) is 12.3. The molecule has 0 aromatic carbocycles. The summed E-state index contributed by atoms with van der Waals surface area (Å²) in [5.41, 5.74) is 2.06. The highest BCUT2D eigenvalue weighted by Crippen LogP contribution is 2.20. The Kier molecular flexibility index (Phi) is 4.43. The van der Waals surface area contributed by atoms with E-state index in [4.69, 9.17) is 14.7 Å². The van der Waals surface area contributed by atoms with Crippen LogP contribution in [0, 0.1) is 0 Å². The lowest BCUT2D eigenvalue weighted by Crippen LogP contribution is -2.52. The number of nitrogens with one attached hydrogen (secondary N) is 1. The fraction of sp³-hybridized carbons (Fsp3) is 0.875. The van der Waals surface area contributed by atoms with Crippen LogP contribution >= 0.6 is 0 Å². The molecule has 1 fully saturated rings. The lowest BCUT2D eigenvalue weighted by Gasteiger charge is -2.35. The van der Waals surface area contributed by atoms with Crippen LogP contribution in [-0.4, -0.2) is 52.4 Å². The van der Waals surface area contributed by atoms with Gasteiger partial charge in [-0.05, 0) is 0 Å². The van der Waals surface area contributed by atoms with Crippen molar-refractivity contribution in [1.82, 2.24) is 5.48 Å². The molecule has 7 nitrogen and oxygen atoms in total. The van der Waals surface area contributed by atoms with Gasteiger partial charge in [0.25, 0.3) is 0 Å². The highest BCUT2D eigenvalue weighted by atomic mass is 16.7. The van der Waals surface area contributed by atoms with E-state index >= 15 is 0 Å². The number of rotatable bonds is 3. The number of aliphatic hydroxyl groups excluding tert-OH is 3. The number of aliphatic hydroxyl groups is 3. The molecule has 1 aliphatic heterocycles. The summed E-state index contributed by atoms with van der Waals surface area (Å²) in [6.07, 6.45) is -3.89. The number of ether oxygens (including phenoxy) is 1. The van der Waals surface area contributed by atoms with Gasteiger partial charge < -0.3 is 20.1 Å². The largest absolute Gasteiger partial charge is 0.394 e. The molecule has 88 valence electrons. The van der Waals surface area contributed by atoms with Gasteiger partial charge in [-0.15, -0.1) is 0 Å². The Hall–Kier alpha value is -0.730. The molecule has 15 heavy (non-hydrogen) atoms. The van der Waals surface area contributed by atoms with E-state index in [0.717, 1.165) is 0 Å². The van der Waals surface area contributed by atoms with Crippen LogP contribution in [-0.2, 0) is 14.4 Å². The summed E-state index contributed by atoms with van der Waals surface area (Å²) in [4.78, 5) is 15.4. The molecule has 0 radical (unpaired) electrons. The SMILES string of the molecule is CC(=O)NOC1CC(O)OC(CO)C1O. The molecule has 1 amide bonds. The van der Waals surface area contributed by atoms with Crippen molar-refractivity contribution in [2.75, 3.05) is 6.61 Å². The van der Waals surface area contributed by atoms with E-state index in [-0.39, 0.29) is 6.42 Å². The predicted molar refractivity (Wildman–Crippen MR) is 47.3 cm³/mol. The highest BCUT2D eigenvalue weighted by Gasteiger charge is 2.37. The molecule has 4 N–H and O–H groups in total. The molecule has 0 bridgehead atoms. The molecule has 4 unspecified atom stereocenters. The lowest BCUT2D eigenvalue weighted by atomic mass is 10.0. The van der Waals surface area contributed by atoms with E-state index in [2.05, 4.69) is 5.48 Å². The molecule has 1 heterocycles. The van der Waals surface area contributed by atoms with Crippen molar-refractivity contribution in [1.29, 1.82) is 0 Å². The summed E-state index contributed by atoms with van der Waals surface area (Å²) in [6, 6.07) is 0. The van der Waals surface area contributed by atoms with Gasteiger partial charge in [0, 0.05) is 13.3 Å². The maximum atomic E-state index is 10.6. The molecule has 0 aromatic rings. The fourth-order valence-corrected chi connectivity index (χ4v) is 1.34. The normalized spacial score (nSPS) is 36.3. The third-order valence-electron chi connectivity index (χ3n) is 2.06. The summed E-state index contributed by atoms with van der Waals surface area (Å²) < 4.78 is 4.85. The quantitative estimate of drug-likeness (QED) is 0.406. The first-order valence-electron chi connectivity index (χ1n) is 4.59. The second-order valence-corrected chi connectivity index (χ2v) is 3.35. The number of carbonyl (C=O) groups excluding carboxylic acids is 1. The summed E-state index contributed by atoms with van der Waals surface area (Å²) in [5.74, 6) is -0.413. The van der Waals surface area contributed by atoms with E-state index in [1.165, 1.54) is 6.92 Å². The Balaban J connectivity index is 2.50. The van der Waals surface area contributed by atoms with E-state index in [9.17, 15) is 15.0 Å². The zero-order valence-corrected chi connectivity index (χ0v) is 8.29. The van der Waals surface area contributed by atoms with Crippen molar-refractivity contribution in [3.63, 3.8) is 0 Å². The van der Waals surface area contributed by atoms with Crippen molar-refractivity contribution in [3.05, 3.63) is 0 Å². The fourth-order valence-electron chi connectivity index (χ4n) is 1.34. The zero-order chi connectivity index (χ0) is 11.4. The van der Waals surface area contributed by atoms with Crippen LogP contribution in [0.4, 0.5) is 0 Å². The van der Waals surface area contributed by atoms with Gasteiger partial charge in [-0.25, -0.2) is 5.48 Å². The van der Waals surface area contributed by atoms with Crippen molar-refractivity contribution < 1.29 is 29.7 Å². The number of hydrogen-bond donors (Lipinski definition) is 4. The highest BCUT2D eigenvalue weighted by molar-refractivity contribution is 5.71. The van der Waals surface area contributed by atoms with Crippen LogP contribution in [0.15, 0.2) is 0 Å². The standard InChI is InChI=1S/C8H15NO6/c1-4(11)9-15-5-2-7(12)14-6(3-10)8(5)13/h5-8,10,12-13H,2-3H2,1H3,(H,9,11). The summed E-state index contributed by atoms with van der Waals surface area (Å²) in [5, 5.41) is 27.6. The van der Waals surface area contributed by atoms with Gasteiger partial charge in [-0.1, -0.05) is 0 Å². The molecular weight excluding hydrogens is 206 g/mol. The number of carbonyl (C=O) groups is 1. The molecule has 1 aliphatic rings. The molecule has 0 saturated carbocycles. The second-order valence-electron chi connectivity index (χ2n) is 3.35. The smallest absolute Gasteiger partial charge is 0.240 e. The van der Waals surface area contributed by atoms with Crippen LogP contribution < -0.4 is 5.48 Å². The first-order valence-corrected chi connectivity index (χ1v) is 4.59. The average Bonchev–Trinajstić information content (AvgIpc) is 2.18. The van der Waals surface area contributed by atoms with Crippen LogP contribution in [0.3, 0.4) is 0 Å². The van der Waals surface area contributed by atoms with E-state index in [1.54, 1.807) is 0 Å². The predicted octanol–water partition coefficient (Wildman–Crippen LogP) is -2.12. The molecule has 0 aliphatic carbocycles. The lowest BCUT2D eigenvalue weighted by molar-refractivity contribution is -0.256. The molecule has 4 atom stereocenters. The minimum Gasteiger partial charge on any atom is -0.394 e. The van der Waals surface area contributed by atoms with Crippen LogP contribution in [0.5, 0.6) is 0 Å². The maximum absolute atomic E-state index is 10.6. The van der Waals surface area contributed by atoms with Gasteiger partial charge in [0.15, 0.2) is 6.29 Å². The molecule has 7 heteroatoms. The minimum absolute atomic E-state index is 0.0257. The molecular formula is C8H15NO6. The van der Waals surface area contributed by atoms with Gasteiger partial charge in [0.05, 0.1) is 6.61 Å². The van der Waals surface area contributed by atoms with E-state index in [0.29, 0.717) is 0 Å². The Morgan fingerprint density at radius 2 is 2.27 bits per heavy atom. The summed E-state index contributed by atoms with van der Waals surface area (Å²) >= 11 is 0. The van der Waals surface area contributed by atoms with Crippen molar-refractivity contribution >= 4 is 5.91 Å². The van der Waals surface area contributed by atoms with Crippen LogP contribution in [0.1, 0.15) is 13.3 Å². The zero-order valence-electron chi connectivity index (χ0n) is 8.29. The topological polar surface area (TPSA) is 108 Å². The summed E-state index contributed by atoms with van der Waals surface area (Å²) in [7, 11) is 0. The molecule has 0 spiro atoms. The maximum Gasteiger partial charge on any atom is 0.240 e. The van der Waals surface area contributed by atoms with Crippen LogP contribution in [0.25, 0.3) is 0 Å². The Labute approximate surface area is 86.6 Å². The van der Waals surface area contributed by atoms with E-state index < -0.39 is 37.1 Å². The third-order valence-corrected chi connectivity index (χ3v) is 2.06. The second kappa shape index (κ2) is 5.38. The number of hydrogen-bond acceptors (Lipinski definition) is 6. The van der Waals surface area contributed by atoms with Crippen LogP contribution in [0.2, 0.25) is 0 Å². The molecule has 1 rings (SSSR count). The summed E-state index contributed by atoms with van der Waals surface area (Å²) in [6.45, 7) is 0.823. The Morgan fingerprint density at radius 3 is 2.80 bits per heavy atom. The third kappa shape index (κ3) is 3.40. The number of amides is 1. The van der Waals surface area contributed by atoms with Gasteiger partial charge in [0.1, 0.15) is 18.3 Å². The van der Waals surface area contributed by atoms with Gasteiger partial charge in [-0.3, -0.25) is 9.63 Å². The first-order chi connectivity index (χ1) is 7.04. The van der Waals surface area contributed by atoms with Gasteiger partial charge >= 0.3 is 0 Å².